The molecule has 0 unspecified atom stereocenters. The summed E-state index contributed by atoms with van der Waals surface area (Å²) in [5.41, 5.74) is 4.34. The highest BCUT2D eigenvalue weighted by Crippen LogP contribution is 2.30. The van der Waals surface area contributed by atoms with Crippen LogP contribution < -0.4 is 5.32 Å². The van der Waals surface area contributed by atoms with Crippen LogP contribution in [0.3, 0.4) is 0 Å². The SMILES string of the molecule is Cc1nn(-c2ccccc2)c(C)c1NC(=O)c1oc2c(c1C)C(=O)CCC2. The summed E-state index contributed by atoms with van der Waals surface area (Å²) < 4.78 is 7.55. The van der Waals surface area contributed by atoms with Gasteiger partial charge in [0.25, 0.3) is 5.91 Å². The molecule has 1 amide bonds. The normalized spacial score (nSPS) is 13.5. The highest BCUT2D eigenvalue weighted by atomic mass is 16.4. The first-order valence-electron chi connectivity index (χ1n) is 9.06. The van der Waals surface area contributed by atoms with Crippen molar-refractivity contribution in [3.8, 4) is 5.69 Å². The summed E-state index contributed by atoms with van der Waals surface area (Å²) in [6, 6.07) is 9.75. The lowest BCUT2D eigenvalue weighted by atomic mass is 9.94. The van der Waals surface area contributed by atoms with E-state index in [-0.39, 0.29) is 17.5 Å². The maximum Gasteiger partial charge on any atom is 0.291 e. The predicted octanol–water partition coefficient (Wildman–Crippen LogP) is 4.16. The Bertz CT molecular complexity index is 1040. The lowest BCUT2D eigenvalue weighted by molar-refractivity contribution is 0.0963. The lowest BCUT2D eigenvalue weighted by Gasteiger charge is -2.07. The second-order valence-electron chi connectivity index (χ2n) is 6.88. The number of anilines is 1. The molecule has 0 radical (unpaired) electrons. The number of carbonyl (C=O) groups is 2. The van der Waals surface area contributed by atoms with Crippen LogP contribution in [0.1, 0.15) is 56.5 Å². The Morgan fingerprint density at radius 2 is 1.89 bits per heavy atom. The quantitative estimate of drug-likeness (QED) is 0.758. The number of carbonyl (C=O) groups excluding carboxylic acids is 2. The van der Waals surface area contributed by atoms with Gasteiger partial charge in [-0.2, -0.15) is 5.10 Å². The van der Waals surface area contributed by atoms with E-state index < -0.39 is 0 Å². The molecule has 0 fully saturated rings. The van der Waals surface area contributed by atoms with Crippen LogP contribution in [0.25, 0.3) is 5.69 Å². The summed E-state index contributed by atoms with van der Waals surface area (Å²) in [4.78, 5) is 25.0. The Kier molecular flexibility index (Phi) is 4.18. The van der Waals surface area contributed by atoms with E-state index in [1.807, 2.05) is 44.2 Å². The van der Waals surface area contributed by atoms with Gasteiger partial charge in [0.05, 0.1) is 28.3 Å². The molecule has 0 bridgehead atoms. The average Bonchev–Trinajstić information content (AvgIpc) is 3.15. The number of nitrogens with one attached hydrogen (secondary N) is 1. The van der Waals surface area contributed by atoms with Gasteiger partial charge in [0.2, 0.25) is 0 Å². The van der Waals surface area contributed by atoms with Crippen molar-refractivity contribution in [3.63, 3.8) is 0 Å². The number of benzene rings is 1. The highest BCUT2D eigenvalue weighted by Gasteiger charge is 2.29. The Morgan fingerprint density at radius 1 is 1.15 bits per heavy atom. The number of aryl methyl sites for hydroxylation is 2. The largest absolute Gasteiger partial charge is 0.455 e. The van der Waals surface area contributed by atoms with E-state index in [9.17, 15) is 9.59 Å². The fourth-order valence-electron chi connectivity index (χ4n) is 3.68. The third-order valence-corrected chi connectivity index (χ3v) is 5.04. The molecule has 1 aliphatic carbocycles. The highest BCUT2D eigenvalue weighted by molar-refractivity contribution is 6.07. The van der Waals surface area contributed by atoms with E-state index in [2.05, 4.69) is 10.4 Å². The first-order chi connectivity index (χ1) is 13.0. The zero-order chi connectivity index (χ0) is 19.1. The molecule has 2 heterocycles. The van der Waals surface area contributed by atoms with E-state index in [0.717, 1.165) is 23.5 Å². The number of hydrogen-bond acceptors (Lipinski definition) is 4. The maximum atomic E-state index is 12.9. The van der Waals surface area contributed by atoms with Gasteiger partial charge in [-0.15, -0.1) is 0 Å². The zero-order valence-corrected chi connectivity index (χ0v) is 15.6. The van der Waals surface area contributed by atoms with Gasteiger partial charge < -0.3 is 9.73 Å². The van der Waals surface area contributed by atoms with Gasteiger partial charge in [0, 0.05) is 18.4 Å². The molecular weight excluding hydrogens is 342 g/mol. The van der Waals surface area contributed by atoms with Crippen molar-refractivity contribution in [1.82, 2.24) is 9.78 Å². The number of rotatable bonds is 3. The molecule has 1 aliphatic rings. The second kappa shape index (κ2) is 6.54. The minimum absolute atomic E-state index is 0.0563. The van der Waals surface area contributed by atoms with Crippen molar-refractivity contribution < 1.29 is 14.0 Å². The van der Waals surface area contributed by atoms with Crippen molar-refractivity contribution in [3.05, 3.63) is 64.4 Å². The van der Waals surface area contributed by atoms with E-state index in [4.69, 9.17) is 4.42 Å². The molecule has 0 saturated heterocycles. The molecule has 3 aromatic rings. The minimum Gasteiger partial charge on any atom is -0.455 e. The number of amides is 1. The van der Waals surface area contributed by atoms with Crippen molar-refractivity contribution in [1.29, 1.82) is 0 Å². The summed E-state index contributed by atoms with van der Waals surface area (Å²) in [6.07, 6.45) is 1.97. The molecule has 0 atom stereocenters. The van der Waals surface area contributed by atoms with Crippen LogP contribution in [0.15, 0.2) is 34.7 Å². The maximum absolute atomic E-state index is 12.9. The fraction of sp³-hybridized carbons (Fsp3) is 0.286. The first-order valence-corrected chi connectivity index (χ1v) is 9.06. The van der Waals surface area contributed by atoms with Crippen LogP contribution in [-0.4, -0.2) is 21.5 Å². The van der Waals surface area contributed by atoms with Gasteiger partial charge in [0.15, 0.2) is 11.5 Å². The standard InChI is InChI=1S/C21H21N3O3/c1-12-18-16(25)10-7-11-17(18)27-20(12)21(26)22-19-13(2)23-24(14(19)3)15-8-5-4-6-9-15/h4-6,8-9H,7,10-11H2,1-3H3,(H,22,26). The molecule has 0 aliphatic heterocycles. The third-order valence-electron chi connectivity index (χ3n) is 5.04. The Hall–Kier alpha value is -3.15. The Labute approximate surface area is 157 Å². The molecule has 6 heteroatoms. The van der Waals surface area contributed by atoms with Crippen LogP contribution in [0, 0.1) is 20.8 Å². The smallest absolute Gasteiger partial charge is 0.291 e. The number of hydrogen-bond donors (Lipinski definition) is 1. The summed E-state index contributed by atoms with van der Waals surface area (Å²) >= 11 is 0. The van der Waals surface area contributed by atoms with Crippen molar-refractivity contribution >= 4 is 17.4 Å². The first kappa shape index (κ1) is 17.3. The van der Waals surface area contributed by atoms with Crippen molar-refractivity contribution in [2.75, 3.05) is 5.32 Å². The van der Waals surface area contributed by atoms with Gasteiger partial charge in [-0.05, 0) is 39.3 Å². The van der Waals surface area contributed by atoms with Gasteiger partial charge >= 0.3 is 0 Å². The number of para-hydroxylation sites is 1. The molecule has 27 heavy (non-hydrogen) atoms. The van der Waals surface area contributed by atoms with Crippen molar-refractivity contribution in [2.45, 2.75) is 40.0 Å². The number of furan rings is 1. The summed E-state index contributed by atoms with van der Waals surface area (Å²) in [5.74, 6) is 0.540. The van der Waals surface area contributed by atoms with E-state index in [1.165, 1.54) is 0 Å². The molecule has 1 N–H and O–H groups in total. The molecule has 138 valence electrons. The van der Waals surface area contributed by atoms with Crippen LogP contribution in [0.2, 0.25) is 0 Å². The number of aromatic nitrogens is 2. The summed E-state index contributed by atoms with van der Waals surface area (Å²) in [7, 11) is 0. The Balaban J connectivity index is 1.67. The molecule has 0 saturated carbocycles. The fourth-order valence-corrected chi connectivity index (χ4v) is 3.68. The van der Waals surface area contributed by atoms with Gasteiger partial charge in [0.1, 0.15) is 5.76 Å². The van der Waals surface area contributed by atoms with Crippen molar-refractivity contribution in [2.24, 2.45) is 0 Å². The third kappa shape index (κ3) is 2.87. The van der Waals surface area contributed by atoms with Crippen LogP contribution in [-0.2, 0) is 6.42 Å². The topological polar surface area (TPSA) is 77.1 Å². The van der Waals surface area contributed by atoms with Gasteiger partial charge in [-0.1, -0.05) is 18.2 Å². The average molecular weight is 363 g/mol. The molecule has 4 rings (SSSR count). The Morgan fingerprint density at radius 3 is 2.59 bits per heavy atom. The number of nitrogens with zero attached hydrogens (tertiary/aromatic N) is 2. The van der Waals surface area contributed by atoms with E-state index in [1.54, 1.807) is 11.6 Å². The molecule has 0 spiro atoms. The predicted molar refractivity (Wildman–Crippen MR) is 102 cm³/mol. The number of Topliss-reactive ketones (excluding diaryl/α,β-unsaturated/α-hetero) is 1. The van der Waals surface area contributed by atoms with E-state index >= 15 is 0 Å². The molecule has 2 aromatic heterocycles. The molecule has 1 aromatic carbocycles. The summed E-state index contributed by atoms with van der Waals surface area (Å²) in [5, 5.41) is 7.47. The molecular formula is C21H21N3O3. The summed E-state index contributed by atoms with van der Waals surface area (Å²) in [6.45, 7) is 5.53. The zero-order valence-electron chi connectivity index (χ0n) is 15.6. The van der Waals surface area contributed by atoms with Gasteiger partial charge in [-0.25, -0.2) is 4.68 Å². The van der Waals surface area contributed by atoms with E-state index in [0.29, 0.717) is 35.4 Å². The minimum atomic E-state index is -0.353. The van der Waals surface area contributed by atoms with Crippen LogP contribution >= 0.6 is 0 Å². The lowest BCUT2D eigenvalue weighted by Crippen LogP contribution is -2.14. The second-order valence-corrected chi connectivity index (χ2v) is 6.88. The van der Waals surface area contributed by atoms with Gasteiger partial charge in [-0.3, -0.25) is 9.59 Å². The monoisotopic (exact) mass is 363 g/mol. The van der Waals surface area contributed by atoms with Crippen LogP contribution in [0.4, 0.5) is 5.69 Å². The molecule has 6 nitrogen and oxygen atoms in total. The number of fused-ring (bicyclic) bond motifs is 1. The van der Waals surface area contributed by atoms with Crippen LogP contribution in [0.5, 0.6) is 0 Å². The number of ketones is 1.